The number of nitrogens with zero attached hydrogens (tertiary/aromatic N) is 3. The van der Waals surface area contributed by atoms with Crippen molar-refractivity contribution in [2.75, 3.05) is 17.6 Å². The Balaban J connectivity index is 2.26. The molecule has 2 rings (SSSR count). The zero-order chi connectivity index (χ0) is 12.3. The summed E-state index contributed by atoms with van der Waals surface area (Å²) in [6.07, 6.45) is 1.01. The normalized spacial score (nSPS) is 10.5. The average molecular weight is 252 g/mol. The second-order valence-electron chi connectivity index (χ2n) is 3.61. The first-order chi connectivity index (χ1) is 8.20. The van der Waals surface area contributed by atoms with Gasteiger partial charge in [-0.05, 0) is 30.7 Å². The predicted molar refractivity (Wildman–Crippen MR) is 69.6 cm³/mol. The smallest absolute Gasteiger partial charge is 0.244 e. The number of benzene rings is 1. The molecular weight excluding hydrogens is 238 g/mol. The van der Waals surface area contributed by atoms with Gasteiger partial charge in [0.2, 0.25) is 11.9 Å². The zero-order valence-electron chi connectivity index (χ0n) is 9.52. The van der Waals surface area contributed by atoms with Crippen molar-refractivity contribution >= 4 is 23.5 Å². The minimum absolute atomic E-state index is 0.353. The maximum Gasteiger partial charge on any atom is 0.244 e. The molecule has 0 spiro atoms. The van der Waals surface area contributed by atoms with Crippen LogP contribution >= 0.6 is 11.6 Å². The summed E-state index contributed by atoms with van der Waals surface area (Å²) in [6.45, 7) is 2.90. The van der Waals surface area contributed by atoms with Crippen LogP contribution < -0.4 is 11.1 Å². The van der Waals surface area contributed by atoms with Gasteiger partial charge in [0.25, 0.3) is 0 Å². The van der Waals surface area contributed by atoms with Crippen molar-refractivity contribution in [3.63, 3.8) is 0 Å². The monoisotopic (exact) mass is 251 g/mol. The molecule has 1 aromatic carbocycles. The van der Waals surface area contributed by atoms with Gasteiger partial charge in [-0.1, -0.05) is 18.5 Å². The van der Waals surface area contributed by atoms with Gasteiger partial charge < -0.3 is 11.1 Å². The topological polar surface area (TPSA) is 68.8 Å². The lowest BCUT2D eigenvalue weighted by Gasteiger charge is -2.01. The van der Waals surface area contributed by atoms with Crippen molar-refractivity contribution in [3.05, 3.63) is 29.3 Å². The Labute approximate surface area is 105 Å². The van der Waals surface area contributed by atoms with E-state index in [1.165, 1.54) is 0 Å². The van der Waals surface area contributed by atoms with Crippen LogP contribution in [0.2, 0.25) is 5.02 Å². The average Bonchev–Trinajstić information content (AvgIpc) is 2.69. The highest BCUT2D eigenvalue weighted by Crippen LogP contribution is 2.16. The first-order valence-electron chi connectivity index (χ1n) is 5.43. The van der Waals surface area contributed by atoms with Crippen LogP contribution in [-0.4, -0.2) is 21.3 Å². The summed E-state index contributed by atoms with van der Waals surface area (Å²) in [7, 11) is 0. The van der Waals surface area contributed by atoms with Gasteiger partial charge in [-0.15, -0.1) is 5.10 Å². The predicted octanol–water partition coefficient (Wildman–Crippen LogP) is 2.32. The van der Waals surface area contributed by atoms with E-state index in [2.05, 4.69) is 22.3 Å². The number of hydrogen-bond acceptors (Lipinski definition) is 4. The maximum atomic E-state index is 5.82. The van der Waals surface area contributed by atoms with Gasteiger partial charge in [0, 0.05) is 11.6 Å². The van der Waals surface area contributed by atoms with Crippen LogP contribution in [0.5, 0.6) is 0 Å². The molecule has 0 aliphatic heterocycles. The second-order valence-corrected chi connectivity index (χ2v) is 4.05. The molecule has 0 saturated carbocycles. The minimum Gasteiger partial charge on any atom is -0.368 e. The van der Waals surface area contributed by atoms with Gasteiger partial charge in [0.1, 0.15) is 0 Å². The molecule has 0 saturated heterocycles. The van der Waals surface area contributed by atoms with Gasteiger partial charge in [0.15, 0.2) is 0 Å². The Bertz CT molecular complexity index is 491. The first-order valence-corrected chi connectivity index (χ1v) is 5.81. The fourth-order valence-electron chi connectivity index (χ4n) is 1.41. The van der Waals surface area contributed by atoms with E-state index < -0.39 is 0 Å². The lowest BCUT2D eigenvalue weighted by molar-refractivity contribution is 0.880. The van der Waals surface area contributed by atoms with Crippen LogP contribution in [-0.2, 0) is 0 Å². The number of nitrogen functional groups attached to an aromatic ring is 1. The Morgan fingerprint density at radius 1 is 1.35 bits per heavy atom. The van der Waals surface area contributed by atoms with Crippen LogP contribution in [0.4, 0.5) is 11.9 Å². The van der Waals surface area contributed by atoms with E-state index in [4.69, 9.17) is 17.3 Å². The van der Waals surface area contributed by atoms with Crippen molar-refractivity contribution in [2.24, 2.45) is 0 Å². The van der Waals surface area contributed by atoms with E-state index in [1.807, 2.05) is 12.1 Å². The fourth-order valence-corrected chi connectivity index (χ4v) is 1.53. The first kappa shape index (κ1) is 11.7. The van der Waals surface area contributed by atoms with Crippen molar-refractivity contribution in [2.45, 2.75) is 13.3 Å². The Morgan fingerprint density at radius 3 is 2.71 bits per heavy atom. The maximum absolute atomic E-state index is 5.82. The van der Waals surface area contributed by atoms with Gasteiger partial charge in [-0.2, -0.15) is 9.67 Å². The van der Waals surface area contributed by atoms with E-state index in [0.29, 0.717) is 16.9 Å². The van der Waals surface area contributed by atoms with Crippen LogP contribution in [0.15, 0.2) is 24.3 Å². The van der Waals surface area contributed by atoms with Gasteiger partial charge >= 0.3 is 0 Å². The highest BCUT2D eigenvalue weighted by atomic mass is 35.5. The second kappa shape index (κ2) is 5.05. The number of halogens is 1. The Hall–Kier alpha value is -1.75. The van der Waals surface area contributed by atoms with Crippen molar-refractivity contribution in [1.82, 2.24) is 14.8 Å². The fraction of sp³-hybridized carbons (Fsp3) is 0.273. The van der Waals surface area contributed by atoms with Gasteiger partial charge in [-0.3, -0.25) is 0 Å². The van der Waals surface area contributed by atoms with E-state index >= 15 is 0 Å². The molecule has 0 aliphatic carbocycles. The molecule has 1 aromatic heterocycles. The molecule has 2 aromatic rings. The molecule has 1 heterocycles. The lowest BCUT2D eigenvalue weighted by atomic mass is 10.3. The molecule has 0 fully saturated rings. The molecule has 0 bridgehead atoms. The molecular formula is C11H14ClN5. The lowest BCUT2D eigenvalue weighted by Crippen LogP contribution is -2.03. The number of rotatable bonds is 4. The highest BCUT2D eigenvalue weighted by molar-refractivity contribution is 6.30. The number of anilines is 2. The summed E-state index contributed by atoms with van der Waals surface area (Å²) in [5.41, 5.74) is 6.64. The zero-order valence-corrected chi connectivity index (χ0v) is 10.3. The van der Waals surface area contributed by atoms with E-state index in [-0.39, 0.29) is 0 Å². The molecule has 17 heavy (non-hydrogen) atoms. The third kappa shape index (κ3) is 2.68. The molecule has 3 N–H and O–H groups in total. The summed E-state index contributed by atoms with van der Waals surface area (Å²) >= 11 is 5.82. The van der Waals surface area contributed by atoms with E-state index in [0.717, 1.165) is 18.7 Å². The summed E-state index contributed by atoms with van der Waals surface area (Å²) in [5, 5.41) is 8.04. The summed E-state index contributed by atoms with van der Waals surface area (Å²) < 4.78 is 1.58. The van der Waals surface area contributed by atoms with Crippen molar-refractivity contribution < 1.29 is 0 Å². The molecule has 0 radical (unpaired) electrons. The number of aromatic nitrogens is 3. The van der Waals surface area contributed by atoms with Gasteiger partial charge in [-0.25, -0.2) is 0 Å². The molecule has 90 valence electrons. The van der Waals surface area contributed by atoms with Crippen molar-refractivity contribution in [3.8, 4) is 5.69 Å². The Kier molecular flexibility index (Phi) is 3.49. The van der Waals surface area contributed by atoms with Crippen LogP contribution in [0, 0.1) is 0 Å². The summed E-state index contributed by atoms with van der Waals surface area (Å²) in [5.74, 6) is 0.894. The number of hydrogen-bond donors (Lipinski definition) is 2. The number of nitrogens with one attached hydrogen (secondary N) is 1. The molecule has 0 amide bonds. The minimum atomic E-state index is 0.353. The SMILES string of the molecule is CCCNc1nc(N)n(-c2ccc(Cl)cc2)n1. The van der Waals surface area contributed by atoms with E-state index in [1.54, 1.807) is 16.8 Å². The highest BCUT2D eigenvalue weighted by Gasteiger charge is 2.07. The summed E-state index contributed by atoms with van der Waals surface area (Å²) in [4.78, 5) is 4.13. The quantitative estimate of drug-likeness (QED) is 0.875. The molecule has 0 atom stereocenters. The standard InChI is InChI=1S/C11H14ClN5/c1-2-7-14-11-15-10(13)17(16-11)9-5-3-8(12)4-6-9/h3-6H,2,7H2,1H3,(H3,13,14,15,16). The molecule has 5 nitrogen and oxygen atoms in total. The third-order valence-electron chi connectivity index (χ3n) is 2.24. The van der Waals surface area contributed by atoms with Crippen LogP contribution in [0.3, 0.4) is 0 Å². The third-order valence-corrected chi connectivity index (χ3v) is 2.49. The van der Waals surface area contributed by atoms with Crippen molar-refractivity contribution in [1.29, 1.82) is 0 Å². The summed E-state index contributed by atoms with van der Waals surface area (Å²) in [6, 6.07) is 7.27. The molecule has 6 heteroatoms. The van der Waals surface area contributed by atoms with Crippen LogP contribution in [0.1, 0.15) is 13.3 Å². The van der Waals surface area contributed by atoms with Crippen LogP contribution in [0.25, 0.3) is 5.69 Å². The Morgan fingerprint density at radius 2 is 2.06 bits per heavy atom. The van der Waals surface area contributed by atoms with Gasteiger partial charge in [0.05, 0.1) is 5.69 Å². The molecule has 0 aliphatic rings. The number of nitrogens with two attached hydrogens (primary N) is 1. The van der Waals surface area contributed by atoms with E-state index in [9.17, 15) is 0 Å². The largest absolute Gasteiger partial charge is 0.368 e. The molecule has 0 unspecified atom stereocenters.